The molecule has 9 heteroatoms. The van der Waals surface area contributed by atoms with E-state index in [1.807, 2.05) is 0 Å². The van der Waals surface area contributed by atoms with Gasteiger partial charge >= 0.3 is 0 Å². The lowest BCUT2D eigenvalue weighted by Gasteiger charge is -2.04. The lowest BCUT2D eigenvalue weighted by atomic mass is 10.2. The predicted octanol–water partition coefficient (Wildman–Crippen LogP) is 0.532. The highest BCUT2D eigenvalue weighted by atomic mass is 16.6. The molecule has 2 rings (SSSR count). The summed E-state index contributed by atoms with van der Waals surface area (Å²) in [6.45, 7) is 0.192. The number of aromatic nitrogens is 4. The topological polar surface area (TPSA) is 127 Å². The van der Waals surface area contributed by atoms with E-state index in [4.69, 9.17) is 0 Å². The third-order valence-corrected chi connectivity index (χ3v) is 2.18. The molecule has 0 aliphatic rings. The van der Waals surface area contributed by atoms with Crippen LogP contribution in [-0.2, 0) is 6.54 Å². The summed E-state index contributed by atoms with van der Waals surface area (Å²) in [7, 11) is 0. The van der Waals surface area contributed by atoms with Gasteiger partial charge in [-0.05, 0) is 12.1 Å². The summed E-state index contributed by atoms with van der Waals surface area (Å²) in [4.78, 5) is 20.8. The number of carbonyl (C=O) groups is 1. The summed E-state index contributed by atoms with van der Waals surface area (Å²) in [6, 6.07) is 4.14. The van der Waals surface area contributed by atoms with Crippen LogP contribution in [0.5, 0.6) is 0 Å². The van der Waals surface area contributed by atoms with E-state index in [1.54, 1.807) is 0 Å². The van der Waals surface area contributed by atoms with Gasteiger partial charge in [-0.1, -0.05) is 5.21 Å². The number of nitro benzene ring substituents is 1. The van der Waals surface area contributed by atoms with E-state index in [9.17, 15) is 14.9 Å². The zero-order chi connectivity index (χ0) is 13.0. The van der Waals surface area contributed by atoms with E-state index in [1.165, 1.54) is 18.2 Å². The van der Waals surface area contributed by atoms with Gasteiger partial charge in [0.1, 0.15) is 12.0 Å². The Morgan fingerprint density at radius 1 is 1.50 bits per heavy atom. The number of nitrogens with one attached hydrogen (secondary N) is 2. The summed E-state index contributed by atoms with van der Waals surface area (Å²) in [5.74, 6) is 0.378. The molecule has 1 aromatic carbocycles. The van der Waals surface area contributed by atoms with Gasteiger partial charge in [0.15, 0.2) is 5.82 Å². The van der Waals surface area contributed by atoms with Crippen LogP contribution >= 0.6 is 0 Å². The highest BCUT2D eigenvalue weighted by Gasteiger charge is 2.14. The summed E-state index contributed by atoms with van der Waals surface area (Å²) >= 11 is 0. The molecule has 0 spiro atoms. The number of hydrogen-bond donors (Lipinski definition) is 2. The normalized spacial score (nSPS) is 10.0. The maximum absolute atomic E-state index is 10.9. The Balaban J connectivity index is 2.21. The Morgan fingerprint density at radius 3 is 2.94 bits per heavy atom. The summed E-state index contributed by atoms with van der Waals surface area (Å²) in [5.41, 5.74) is 0.352. The quantitative estimate of drug-likeness (QED) is 0.448. The first-order chi connectivity index (χ1) is 8.70. The fourth-order valence-corrected chi connectivity index (χ4v) is 1.35. The SMILES string of the molecule is O=Cc1ccc(NCc2nn[nH]n2)c([N+](=O)[O-])c1. The second-order valence-corrected chi connectivity index (χ2v) is 3.33. The van der Waals surface area contributed by atoms with Gasteiger partial charge in [-0.3, -0.25) is 14.9 Å². The van der Waals surface area contributed by atoms with Crippen molar-refractivity contribution in [1.82, 2.24) is 20.6 Å². The van der Waals surface area contributed by atoms with E-state index in [0.29, 0.717) is 12.1 Å². The molecule has 92 valence electrons. The zero-order valence-corrected chi connectivity index (χ0v) is 9.03. The van der Waals surface area contributed by atoms with E-state index in [-0.39, 0.29) is 23.5 Å². The third-order valence-electron chi connectivity index (χ3n) is 2.18. The Bertz CT molecular complexity index is 568. The molecule has 0 unspecified atom stereocenters. The van der Waals surface area contributed by atoms with Crippen molar-refractivity contribution in [3.05, 3.63) is 39.7 Å². The lowest BCUT2D eigenvalue weighted by Crippen LogP contribution is -2.04. The first kappa shape index (κ1) is 11.6. The molecule has 0 radical (unpaired) electrons. The summed E-state index contributed by atoms with van der Waals surface area (Å²) < 4.78 is 0. The highest BCUT2D eigenvalue weighted by molar-refractivity contribution is 5.79. The summed E-state index contributed by atoms with van der Waals surface area (Å²) in [5, 5.41) is 26.7. The van der Waals surface area contributed by atoms with E-state index in [0.717, 1.165) is 0 Å². The first-order valence-electron chi connectivity index (χ1n) is 4.90. The van der Waals surface area contributed by atoms with Gasteiger partial charge < -0.3 is 5.32 Å². The van der Waals surface area contributed by atoms with Gasteiger partial charge in [-0.25, -0.2) is 0 Å². The molecule has 0 saturated carbocycles. The van der Waals surface area contributed by atoms with Gasteiger partial charge in [-0.15, -0.1) is 10.2 Å². The zero-order valence-electron chi connectivity index (χ0n) is 9.03. The van der Waals surface area contributed by atoms with Crippen LogP contribution in [0.15, 0.2) is 18.2 Å². The van der Waals surface area contributed by atoms with Crippen molar-refractivity contribution in [2.24, 2.45) is 0 Å². The number of rotatable bonds is 5. The molecular formula is C9H8N6O3. The fourth-order valence-electron chi connectivity index (χ4n) is 1.35. The number of carbonyl (C=O) groups excluding carboxylic acids is 1. The third kappa shape index (κ3) is 2.45. The Hall–Kier alpha value is -2.84. The van der Waals surface area contributed by atoms with Crippen molar-refractivity contribution in [2.75, 3.05) is 5.32 Å². The standard InChI is InChI=1S/C9H8N6O3/c16-5-6-1-2-7(8(3-6)15(17)18)10-4-9-11-13-14-12-9/h1-3,5,10H,4H2,(H,11,12,13,14). The molecule has 0 aliphatic carbocycles. The number of aromatic amines is 1. The smallest absolute Gasteiger partial charge is 0.293 e. The molecule has 1 heterocycles. The van der Waals surface area contributed by atoms with Crippen molar-refractivity contribution in [1.29, 1.82) is 0 Å². The molecule has 18 heavy (non-hydrogen) atoms. The number of benzene rings is 1. The van der Waals surface area contributed by atoms with Gasteiger partial charge in [0.05, 0.1) is 11.5 Å². The molecule has 0 saturated heterocycles. The number of anilines is 1. The van der Waals surface area contributed by atoms with Crippen LogP contribution in [0.4, 0.5) is 11.4 Å². The van der Waals surface area contributed by atoms with Gasteiger partial charge in [-0.2, -0.15) is 5.21 Å². The monoisotopic (exact) mass is 248 g/mol. The molecule has 9 nitrogen and oxygen atoms in total. The predicted molar refractivity (Wildman–Crippen MR) is 60.0 cm³/mol. The molecule has 0 aliphatic heterocycles. The van der Waals surface area contributed by atoms with Gasteiger partial charge in [0, 0.05) is 11.6 Å². The van der Waals surface area contributed by atoms with Crippen molar-refractivity contribution in [2.45, 2.75) is 6.54 Å². The Morgan fingerprint density at radius 2 is 2.33 bits per heavy atom. The largest absolute Gasteiger partial charge is 0.372 e. The molecule has 0 amide bonds. The van der Waals surface area contributed by atoms with E-state index < -0.39 is 4.92 Å². The number of hydrogen-bond acceptors (Lipinski definition) is 7. The second-order valence-electron chi connectivity index (χ2n) is 3.33. The van der Waals surface area contributed by atoms with Crippen LogP contribution in [0.1, 0.15) is 16.2 Å². The van der Waals surface area contributed by atoms with Crippen LogP contribution in [0, 0.1) is 10.1 Å². The van der Waals surface area contributed by atoms with E-state index >= 15 is 0 Å². The molecule has 0 atom stereocenters. The average Bonchev–Trinajstić information content (AvgIpc) is 2.89. The van der Waals surface area contributed by atoms with Crippen molar-refractivity contribution < 1.29 is 9.72 Å². The molecule has 0 fully saturated rings. The minimum atomic E-state index is -0.564. The molecule has 2 N–H and O–H groups in total. The first-order valence-corrected chi connectivity index (χ1v) is 4.90. The van der Waals surface area contributed by atoms with Crippen LogP contribution in [0.25, 0.3) is 0 Å². The lowest BCUT2D eigenvalue weighted by molar-refractivity contribution is -0.384. The number of nitro groups is 1. The van der Waals surface area contributed by atoms with Crippen molar-refractivity contribution >= 4 is 17.7 Å². The Kier molecular flexibility index (Phi) is 3.23. The Labute approximate surface area is 100 Å². The maximum atomic E-state index is 10.9. The number of nitrogens with zero attached hydrogens (tertiary/aromatic N) is 4. The highest BCUT2D eigenvalue weighted by Crippen LogP contribution is 2.25. The van der Waals surface area contributed by atoms with Crippen LogP contribution in [0.2, 0.25) is 0 Å². The minimum Gasteiger partial charge on any atom is -0.372 e. The summed E-state index contributed by atoms with van der Waals surface area (Å²) in [6.07, 6.45) is 0.552. The maximum Gasteiger partial charge on any atom is 0.293 e. The van der Waals surface area contributed by atoms with Crippen molar-refractivity contribution in [3.63, 3.8) is 0 Å². The van der Waals surface area contributed by atoms with Crippen LogP contribution in [-0.4, -0.2) is 31.8 Å². The number of aldehydes is 1. The van der Waals surface area contributed by atoms with Gasteiger partial charge in [0.25, 0.3) is 5.69 Å². The minimum absolute atomic E-state index is 0.178. The molecular weight excluding hydrogens is 240 g/mol. The molecule has 2 aromatic rings. The van der Waals surface area contributed by atoms with Gasteiger partial charge in [0.2, 0.25) is 0 Å². The molecule has 0 bridgehead atoms. The van der Waals surface area contributed by atoms with Crippen LogP contribution < -0.4 is 5.32 Å². The van der Waals surface area contributed by atoms with Crippen LogP contribution in [0.3, 0.4) is 0 Å². The van der Waals surface area contributed by atoms with E-state index in [2.05, 4.69) is 25.9 Å². The second kappa shape index (κ2) is 4.99. The van der Waals surface area contributed by atoms with Crippen molar-refractivity contribution in [3.8, 4) is 0 Å². The fraction of sp³-hybridized carbons (Fsp3) is 0.111. The molecule has 1 aromatic heterocycles. The number of tetrazole rings is 1. The average molecular weight is 248 g/mol. The number of H-pyrrole nitrogens is 1.